The van der Waals surface area contributed by atoms with Crippen molar-refractivity contribution >= 4 is 17.9 Å². The van der Waals surface area contributed by atoms with Crippen LogP contribution in [0, 0.1) is 10.1 Å². The van der Waals surface area contributed by atoms with Crippen LogP contribution in [0.3, 0.4) is 0 Å². The number of nitro benzene ring substituents is 1. The van der Waals surface area contributed by atoms with Gasteiger partial charge in [0.1, 0.15) is 0 Å². The van der Waals surface area contributed by atoms with Crippen molar-refractivity contribution in [2.75, 3.05) is 45.9 Å². The number of nitro groups is 1. The van der Waals surface area contributed by atoms with E-state index in [1.54, 1.807) is 17.0 Å². The zero-order valence-corrected chi connectivity index (χ0v) is 27.8. The second kappa shape index (κ2) is 16.0. The molecule has 1 fully saturated rings. The van der Waals surface area contributed by atoms with Crippen LogP contribution in [0.15, 0.2) is 108 Å². The van der Waals surface area contributed by atoms with Gasteiger partial charge in [0.05, 0.1) is 35.4 Å². The van der Waals surface area contributed by atoms with Crippen LogP contribution in [-0.4, -0.2) is 72.9 Å². The number of benzene rings is 3. The molecular formula is C38H45N5O5. The predicted octanol–water partition coefficient (Wildman–Crippen LogP) is 5.26. The summed E-state index contributed by atoms with van der Waals surface area (Å²) in [6, 6.07) is 27.7. The molecule has 1 amide bonds. The van der Waals surface area contributed by atoms with Crippen LogP contribution in [0.2, 0.25) is 0 Å². The van der Waals surface area contributed by atoms with Gasteiger partial charge >= 0.3 is 0 Å². The van der Waals surface area contributed by atoms with Gasteiger partial charge in [-0.15, -0.1) is 0 Å². The maximum atomic E-state index is 13.1. The number of likely N-dealkylation sites (tertiary alicyclic amines) is 1. The Labute approximate surface area is 282 Å². The second-order valence-corrected chi connectivity index (χ2v) is 12.5. The molecule has 0 spiro atoms. The number of allylic oxidation sites excluding steroid dienone is 2. The average molecular weight is 652 g/mol. The lowest BCUT2D eigenvalue weighted by molar-refractivity contribution is -0.384. The van der Waals surface area contributed by atoms with E-state index < -0.39 is 10.8 Å². The van der Waals surface area contributed by atoms with Crippen molar-refractivity contribution < 1.29 is 19.2 Å². The molecule has 0 saturated carbocycles. The fraction of sp³-hybridized carbons (Fsp3) is 0.368. The largest absolute Gasteiger partial charge is 0.374 e. The number of nitrogens with one attached hydrogen (secondary N) is 1. The van der Waals surface area contributed by atoms with Crippen LogP contribution in [0.1, 0.15) is 55.7 Å². The topological polar surface area (TPSA) is 131 Å². The molecule has 3 aromatic carbocycles. The molecule has 0 radical (unpaired) electrons. The van der Waals surface area contributed by atoms with E-state index in [4.69, 9.17) is 10.5 Å². The van der Waals surface area contributed by atoms with Crippen LogP contribution in [0.4, 0.5) is 5.69 Å². The standard InChI is InChI=1S/C38H45N5O5/c1-28-35(29(2)45)36(30-14-16-33(17-15-30)43(46)47)37(34(40-28)26-48-25-20-39)42(27-44)22-9-21-41-23-18-38(19-24-41,31-10-5-3-6-11-31)32-12-7-4-8-13-32/h3-8,10-17,27,36,40H,9,18-26,39H2,1-2H3. The van der Waals surface area contributed by atoms with Gasteiger partial charge in [0, 0.05) is 41.9 Å². The minimum atomic E-state index is -0.612. The first-order valence-electron chi connectivity index (χ1n) is 16.6. The summed E-state index contributed by atoms with van der Waals surface area (Å²) in [5, 5.41) is 14.7. The highest BCUT2D eigenvalue weighted by Crippen LogP contribution is 2.42. The highest BCUT2D eigenvalue weighted by molar-refractivity contribution is 5.97. The zero-order valence-electron chi connectivity index (χ0n) is 27.8. The number of nitrogens with zero attached hydrogens (tertiary/aromatic N) is 3. The molecule has 3 aromatic rings. The van der Waals surface area contributed by atoms with E-state index in [1.807, 2.05) is 6.92 Å². The SMILES string of the molecule is CC(=O)C1=C(C)NC(COCCN)=C(N(C=O)CCCN2CCC(c3ccccc3)(c3ccccc3)CC2)C1c1ccc([N+](=O)[O-])cc1. The van der Waals surface area contributed by atoms with Crippen LogP contribution >= 0.6 is 0 Å². The van der Waals surface area contributed by atoms with Crippen molar-refractivity contribution in [3.63, 3.8) is 0 Å². The van der Waals surface area contributed by atoms with Gasteiger partial charge in [-0.1, -0.05) is 72.8 Å². The Bertz CT molecular complexity index is 1590. The van der Waals surface area contributed by atoms with Crippen molar-refractivity contribution in [3.8, 4) is 0 Å². The molecule has 10 nitrogen and oxygen atoms in total. The number of Topliss-reactive ketones (excluding diaryl/α,β-unsaturated/α-hetero) is 1. The van der Waals surface area contributed by atoms with Gasteiger partial charge in [-0.2, -0.15) is 0 Å². The van der Waals surface area contributed by atoms with Gasteiger partial charge in [-0.25, -0.2) is 0 Å². The number of rotatable bonds is 15. The Balaban J connectivity index is 1.36. The summed E-state index contributed by atoms with van der Waals surface area (Å²) in [6.07, 6.45) is 3.51. The number of piperidine rings is 1. The lowest BCUT2D eigenvalue weighted by Gasteiger charge is -2.43. The van der Waals surface area contributed by atoms with Gasteiger partial charge in [0.15, 0.2) is 5.78 Å². The molecule has 2 aliphatic heterocycles. The summed E-state index contributed by atoms with van der Waals surface area (Å²) in [4.78, 5) is 41.0. The molecule has 0 aromatic heterocycles. The minimum Gasteiger partial charge on any atom is -0.374 e. The van der Waals surface area contributed by atoms with Crippen molar-refractivity contribution in [1.29, 1.82) is 0 Å². The number of ketones is 1. The molecule has 1 atom stereocenters. The molecule has 2 heterocycles. The van der Waals surface area contributed by atoms with Crippen molar-refractivity contribution in [2.24, 2.45) is 5.73 Å². The number of carbonyl (C=O) groups is 2. The van der Waals surface area contributed by atoms with Gasteiger partial charge in [-0.05, 0) is 69.4 Å². The van der Waals surface area contributed by atoms with E-state index >= 15 is 0 Å². The number of ether oxygens (including phenoxy) is 1. The van der Waals surface area contributed by atoms with E-state index in [2.05, 4.69) is 70.9 Å². The molecule has 5 rings (SSSR count). The Morgan fingerprint density at radius 1 is 1.04 bits per heavy atom. The van der Waals surface area contributed by atoms with E-state index in [0.717, 1.165) is 38.9 Å². The Kier molecular flexibility index (Phi) is 11.5. The summed E-state index contributed by atoms with van der Waals surface area (Å²) in [5.41, 5.74) is 11.4. The smallest absolute Gasteiger partial charge is 0.269 e. The molecule has 3 N–H and O–H groups in total. The fourth-order valence-corrected chi connectivity index (χ4v) is 7.28. The van der Waals surface area contributed by atoms with E-state index in [9.17, 15) is 19.7 Å². The molecule has 1 unspecified atom stereocenters. The van der Waals surface area contributed by atoms with Crippen LogP contribution in [-0.2, 0) is 19.7 Å². The highest BCUT2D eigenvalue weighted by Gasteiger charge is 2.38. The zero-order chi connectivity index (χ0) is 34.1. The van der Waals surface area contributed by atoms with Crippen LogP contribution in [0.5, 0.6) is 0 Å². The van der Waals surface area contributed by atoms with Gasteiger partial charge in [0.2, 0.25) is 6.41 Å². The van der Waals surface area contributed by atoms with Crippen molar-refractivity contribution in [3.05, 3.63) is 134 Å². The van der Waals surface area contributed by atoms with E-state index in [1.165, 1.54) is 30.2 Å². The average Bonchev–Trinajstić information content (AvgIpc) is 3.11. The maximum Gasteiger partial charge on any atom is 0.269 e. The second-order valence-electron chi connectivity index (χ2n) is 12.5. The molecule has 48 heavy (non-hydrogen) atoms. The molecule has 2 aliphatic rings. The Morgan fingerprint density at radius 3 is 2.17 bits per heavy atom. The van der Waals surface area contributed by atoms with Crippen molar-refractivity contribution in [2.45, 2.75) is 44.4 Å². The summed E-state index contributed by atoms with van der Waals surface area (Å²) in [5.74, 6) is -0.763. The quantitative estimate of drug-likeness (QED) is 0.0985. The number of carbonyl (C=O) groups excluding carboxylic acids is 2. The first-order valence-corrected chi connectivity index (χ1v) is 16.6. The third-order valence-electron chi connectivity index (χ3n) is 9.61. The van der Waals surface area contributed by atoms with E-state index in [-0.39, 0.29) is 23.5 Å². The predicted molar refractivity (Wildman–Crippen MR) is 186 cm³/mol. The lowest BCUT2D eigenvalue weighted by atomic mass is 9.68. The number of dihydropyridines is 1. The number of hydrogen-bond acceptors (Lipinski definition) is 8. The highest BCUT2D eigenvalue weighted by atomic mass is 16.6. The first kappa shape index (κ1) is 34.7. The molecule has 0 bridgehead atoms. The summed E-state index contributed by atoms with van der Waals surface area (Å²) >= 11 is 0. The van der Waals surface area contributed by atoms with E-state index in [0.29, 0.717) is 54.3 Å². The molecular weight excluding hydrogens is 606 g/mol. The monoisotopic (exact) mass is 651 g/mol. The third kappa shape index (κ3) is 7.57. The fourth-order valence-electron chi connectivity index (χ4n) is 7.28. The Morgan fingerprint density at radius 2 is 1.65 bits per heavy atom. The normalized spacial score (nSPS) is 17.9. The van der Waals surface area contributed by atoms with Crippen molar-refractivity contribution in [1.82, 2.24) is 15.1 Å². The maximum absolute atomic E-state index is 13.1. The molecule has 10 heteroatoms. The summed E-state index contributed by atoms with van der Waals surface area (Å²) < 4.78 is 5.83. The van der Waals surface area contributed by atoms with Crippen LogP contribution in [0.25, 0.3) is 0 Å². The number of nitrogens with two attached hydrogens (primary N) is 1. The molecule has 252 valence electrons. The lowest BCUT2D eigenvalue weighted by Crippen LogP contribution is -2.44. The number of amides is 1. The molecule has 0 aliphatic carbocycles. The first-order chi connectivity index (χ1) is 23.3. The summed E-state index contributed by atoms with van der Waals surface area (Å²) in [6.45, 7) is 7.23. The van der Waals surface area contributed by atoms with Gasteiger partial charge < -0.3 is 25.6 Å². The van der Waals surface area contributed by atoms with Gasteiger partial charge in [-0.3, -0.25) is 19.7 Å². The van der Waals surface area contributed by atoms with Gasteiger partial charge in [0.25, 0.3) is 5.69 Å². The Hall–Kier alpha value is -4.64. The third-order valence-corrected chi connectivity index (χ3v) is 9.61. The minimum absolute atomic E-state index is 0.0455. The van der Waals surface area contributed by atoms with Crippen LogP contribution < -0.4 is 11.1 Å². The molecule has 1 saturated heterocycles. The number of hydrogen-bond donors (Lipinski definition) is 2. The summed E-state index contributed by atoms with van der Waals surface area (Å²) in [7, 11) is 0. The number of non-ortho nitro benzene ring substituents is 1.